The number of aromatic nitrogens is 2. The number of aromatic carboxylic acids is 1. The number of carbonyl (C=O) groups is 1. The quantitative estimate of drug-likeness (QED) is 0.688. The Bertz CT molecular complexity index is 797. The van der Waals surface area contributed by atoms with Gasteiger partial charge in [0.25, 0.3) is 0 Å². The molecule has 0 saturated carbocycles. The number of halogens is 1. The highest BCUT2D eigenvalue weighted by Gasteiger charge is 2.16. The zero-order valence-corrected chi connectivity index (χ0v) is 12.8. The molecule has 3 rings (SSSR count). The van der Waals surface area contributed by atoms with Crippen LogP contribution in [0.2, 0.25) is 0 Å². The van der Waals surface area contributed by atoms with E-state index in [2.05, 4.69) is 32.8 Å². The van der Waals surface area contributed by atoms with Crippen LogP contribution in [-0.2, 0) is 0 Å². The van der Waals surface area contributed by atoms with Crippen LogP contribution in [-0.4, -0.2) is 21.3 Å². The second-order valence-corrected chi connectivity index (χ2v) is 5.52. The molecule has 0 saturated heterocycles. The van der Waals surface area contributed by atoms with Crippen molar-refractivity contribution in [3.8, 4) is 22.9 Å². The first kappa shape index (κ1) is 13.7. The molecule has 2 aromatic carbocycles. The van der Waals surface area contributed by atoms with Gasteiger partial charge >= 0.3 is 5.97 Å². The van der Waals surface area contributed by atoms with Gasteiger partial charge in [-0.25, -0.2) is 4.79 Å². The Kier molecular flexibility index (Phi) is 3.70. The van der Waals surface area contributed by atoms with Gasteiger partial charge in [0, 0.05) is 9.13 Å². The van der Waals surface area contributed by atoms with E-state index < -0.39 is 5.97 Å². The van der Waals surface area contributed by atoms with E-state index in [-0.39, 0.29) is 11.5 Å². The van der Waals surface area contributed by atoms with Gasteiger partial charge in [-0.3, -0.25) is 0 Å². The molecule has 0 aliphatic rings. The number of nitrogens with zero attached hydrogens (tertiary/aromatic N) is 2. The Balaban J connectivity index is 2.03. The molecule has 21 heavy (non-hydrogen) atoms. The third kappa shape index (κ3) is 2.80. The lowest BCUT2D eigenvalue weighted by Gasteiger charge is -2.00. The molecule has 1 aromatic heterocycles. The Morgan fingerprint density at radius 1 is 1.00 bits per heavy atom. The molecule has 0 amide bonds. The minimum atomic E-state index is -1.03. The van der Waals surface area contributed by atoms with Crippen LogP contribution in [0.4, 0.5) is 0 Å². The first-order valence-electron chi connectivity index (χ1n) is 6.07. The standard InChI is InChI=1S/C15H9IN2O3/c16-10-7-5-9(6-8-10)13-17-18-14(21-13)11-3-1-2-4-12(11)15(19)20/h1-8H,(H,19,20). The molecule has 6 heteroatoms. The lowest BCUT2D eigenvalue weighted by atomic mass is 10.1. The summed E-state index contributed by atoms with van der Waals surface area (Å²) >= 11 is 2.21. The largest absolute Gasteiger partial charge is 0.478 e. The summed E-state index contributed by atoms with van der Waals surface area (Å²) in [6.45, 7) is 0. The van der Waals surface area contributed by atoms with E-state index in [0.717, 1.165) is 9.13 Å². The van der Waals surface area contributed by atoms with Crippen molar-refractivity contribution >= 4 is 28.6 Å². The molecular formula is C15H9IN2O3. The van der Waals surface area contributed by atoms with Crippen LogP contribution in [0.25, 0.3) is 22.9 Å². The van der Waals surface area contributed by atoms with Crippen molar-refractivity contribution in [2.75, 3.05) is 0 Å². The van der Waals surface area contributed by atoms with Gasteiger partial charge in [0.1, 0.15) is 0 Å². The Labute approximate surface area is 133 Å². The van der Waals surface area contributed by atoms with Crippen LogP contribution in [0.3, 0.4) is 0 Å². The molecule has 0 fully saturated rings. The molecule has 3 aromatic rings. The maximum absolute atomic E-state index is 11.2. The maximum atomic E-state index is 11.2. The molecule has 1 N–H and O–H groups in total. The molecule has 1 heterocycles. The van der Waals surface area contributed by atoms with Gasteiger partial charge in [-0.15, -0.1) is 10.2 Å². The van der Waals surface area contributed by atoms with E-state index in [1.54, 1.807) is 18.2 Å². The van der Waals surface area contributed by atoms with Gasteiger partial charge in [0.05, 0.1) is 11.1 Å². The van der Waals surface area contributed by atoms with Gasteiger partial charge < -0.3 is 9.52 Å². The third-order valence-corrected chi connectivity index (χ3v) is 3.62. The summed E-state index contributed by atoms with van der Waals surface area (Å²) in [7, 11) is 0. The molecule has 0 atom stereocenters. The number of carboxylic acids is 1. The monoisotopic (exact) mass is 392 g/mol. The SMILES string of the molecule is O=C(O)c1ccccc1-c1nnc(-c2ccc(I)cc2)o1. The summed E-state index contributed by atoms with van der Waals surface area (Å²) in [5.74, 6) is -0.470. The van der Waals surface area contributed by atoms with E-state index in [1.807, 2.05) is 24.3 Å². The van der Waals surface area contributed by atoms with E-state index in [4.69, 9.17) is 4.42 Å². The van der Waals surface area contributed by atoms with Gasteiger partial charge in [0.2, 0.25) is 11.8 Å². The van der Waals surface area contributed by atoms with E-state index in [9.17, 15) is 9.90 Å². The molecule has 0 bridgehead atoms. The summed E-state index contributed by atoms with van der Waals surface area (Å²) in [5.41, 5.74) is 1.34. The van der Waals surface area contributed by atoms with E-state index in [1.165, 1.54) is 6.07 Å². The highest BCUT2D eigenvalue weighted by molar-refractivity contribution is 14.1. The van der Waals surface area contributed by atoms with E-state index >= 15 is 0 Å². The summed E-state index contributed by atoms with van der Waals surface area (Å²) in [6, 6.07) is 14.2. The molecule has 0 spiro atoms. The van der Waals surface area contributed by atoms with E-state index in [0.29, 0.717) is 11.5 Å². The molecule has 0 aliphatic heterocycles. The normalized spacial score (nSPS) is 10.5. The zero-order chi connectivity index (χ0) is 14.8. The zero-order valence-electron chi connectivity index (χ0n) is 10.7. The summed E-state index contributed by atoms with van der Waals surface area (Å²) in [5, 5.41) is 17.1. The van der Waals surface area contributed by atoms with Crippen molar-refractivity contribution < 1.29 is 14.3 Å². The summed E-state index contributed by atoms with van der Waals surface area (Å²) in [4.78, 5) is 11.2. The van der Waals surface area contributed by atoms with Crippen molar-refractivity contribution in [1.29, 1.82) is 0 Å². The second kappa shape index (κ2) is 5.65. The molecule has 0 unspecified atom stereocenters. The molecule has 0 aliphatic carbocycles. The fourth-order valence-electron chi connectivity index (χ4n) is 1.90. The summed E-state index contributed by atoms with van der Waals surface area (Å²) in [6.07, 6.45) is 0. The first-order chi connectivity index (χ1) is 10.1. The minimum absolute atomic E-state index is 0.135. The predicted molar refractivity (Wildman–Crippen MR) is 84.8 cm³/mol. The van der Waals surface area contributed by atoms with Gasteiger partial charge in [-0.05, 0) is 59.0 Å². The van der Waals surface area contributed by atoms with Crippen molar-refractivity contribution in [1.82, 2.24) is 10.2 Å². The second-order valence-electron chi connectivity index (χ2n) is 4.27. The van der Waals surface area contributed by atoms with Crippen molar-refractivity contribution in [2.24, 2.45) is 0 Å². The Morgan fingerprint density at radius 3 is 2.38 bits per heavy atom. The number of carboxylic acid groups (broad SMARTS) is 1. The van der Waals surface area contributed by atoms with Crippen LogP contribution in [0.15, 0.2) is 52.9 Å². The molecular weight excluding hydrogens is 383 g/mol. The third-order valence-electron chi connectivity index (χ3n) is 2.90. The predicted octanol–water partition coefficient (Wildman–Crippen LogP) is 3.71. The Hall–Kier alpha value is -2.22. The van der Waals surface area contributed by atoms with Crippen LogP contribution >= 0.6 is 22.6 Å². The fourth-order valence-corrected chi connectivity index (χ4v) is 2.26. The maximum Gasteiger partial charge on any atom is 0.336 e. The van der Waals surface area contributed by atoms with Gasteiger partial charge in [0.15, 0.2) is 0 Å². The number of rotatable bonds is 3. The van der Waals surface area contributed by atoms with Crippen LogP contribution < -0.4 is 0 Å². The number of hydrogen-bond donors (Lipinski definition) is 1. The van der Waals surface area contributed by atoms with Crippen LogP contribution in [0, 0.1) is 3.57 Å². The average Bonchev–Trinajstić information content (AvgIpc) is 2.97. The average molecular weight is 392 g/mol. The van der Waals surface area contributed by atoms with Gasteiger partial charge in [-0.2, -0.15) is 0 Å². The summed E-state index contributed by atoms with van der Waals surface area (Å²) < 4.78 is 6.70. The number of benzene rings is 2. The number of hydrogen-bond acceptors (Lipinski definition) is 4. The van der Waals surface area contributed by atoms with Crippen molar-refractivity contribution in [3.05, 3.63) is 57.7 Å². The topological polar surface area (TPSA) is 76.2 Å². The lowest BCUT2D eigenvalue weighted by Crippen LogP contribution is -1.98. The Morgan fingerprint density at radius 2 is 1.67 bits per heavy atom. The smallest absolute Gasteiger partial charge is 0.336 e. The molecule has 104 valence electrons. The fraction of sp³-hybridized carbons (Fsp3) is 0. The lowest BCUT2D eigenvalue weighted by molar-refractivity contribution is 0.0697. The van der Waals surface area contributed by atoms with Crippen LogP contribution in [0.5, 0.6) is 0 Å². The highest BCUT2D eigenvalue weighted by Crippen LogP contribution is 2.26. The van der Waals surface area contributed by atoms with Gasteiger partial charge in [-0.1, -0.05) is 12.1 Å². The van der Waals surface area contributed by atoms with Crippen molar-refractivity contribution in [3.63, 3.8) is 0 Å². The van der Waals surface area contributed by atoms with Crippen LogP contribution in [0.1, 0.15) is 10.4 Å². The first-order valence-corrected chi connectivity index (χ1v) is 7.15. The van der Waals surface area contributed by atoms with Crippen molar-refractivity contribution in [2.45, 2.75) is 0 Å². The highest BCUT2D eigenvalue weighted by atomic mass is 127. The molecule has 0 radical (unpaired) electrons. The minimum Gasteiger partial charge on any atom is -0.478 e. The molecule has 5 nitrogen and oxygen atoms in total.